The normalized spacial score (nSPS) is 29.1. The summed E-state index contributed by atoms with van der Waals surface area (Å²) in [6.45, 7) is 2.62. The Hall–Kier alpha value is -1.97. The maximum Gasteiger partial charge on any atom is 0.329 e. The summed E-state index contributed by atoms with van der Waals surface area (Å²) in [7, 11) is 1.45. The Morgan fingerprint density at radius 1 is 1.36 bits per heavy atom. The van der Waals surface area contributed by atoms with E-state index in [1.165, 1.54) is 7.11 Å². The molecule has 1 aliphatic heterocycles. The van der Waals surface area contributed by atoms with Crippen LogP contribution in [0.5, 0.6) is 0 Å². The van der Waals surface area contributed by atoms with Crippen molar-refractivity contribution < 1.29 is 14.2 Å². The molecular weight excluding hydrogens is 367 g/mol. The lowest BCUT2D eigenvalue weighted by Crippen LogP contribution is -2.62. The quantitative estimate of drug-likeness (QED) is 0.541. The van der Waals surface area contributed by atoms with E-state index >= 15 is 4.39 Å². The largest absolute Gasteiger partial charge is 0.497 e. The van der Waals surface area contributed by atoms with Crippen molar-refractivity contribution in [3.8, 4) is 0 Å². The van der Waals surface area contributed by atoms with Crippen LogP contribution in [0.1, 0.15) is 32.2 Å². The van der Waals surface area contributed by atoms with Crippen LogP contribution < -0.4 is 27.6 Å². The van der Waals surface area contributed by atoms with Crippen LogP contribution in [0.25, 0.3) is 11.3 Å². The molecule has 1 aromatic rings. The summed E-state index contributed by atoms with van der Waals surface area (Å²) in [5.41, 5.74) is 5.24. The summed E-state index contributed by atoms with van der Waals surface area (Å²) in [6, 6.07) is -1.08. The van der Waals surface area contributed by atoms with Crippen LogP contribution in [-0.2, 0) is 4.74 Å². The van der Waals surface area contributed by atoms with E-state index in [-0.39, 0.29) is 29.8 Å². The van der Waals surface area contributed by atoms with E-state index in [1.807, 2.05) is 4.90 Å². The van der Waals surface area contributed by atoms with Gasteiger partial charge in [0.05, 0.1) is 24.3 Å². The molecule has 0 radical (unpaired) electrons. The predicted octanol–water partition coefficient (Wildman–Crippen LogP) is -1.84. The predicted molar refractivity (Wildman–Crippen MR) is 102 cm³/mol. The third-order valence-corrected chi connectivity index (χ3v) is 6.33. The maximum absolute atomic E-state index is 15.5. The number of methoxy groups -OCH3 is 1. The van der Waals surface area contributed by atoms with Gasteiger partial charge < -0.3 is 15.6 Å². The first kappa shape index (κ1) is 19.4. The topological polar surface area (TPSA) is 114 Å². The third-order valence-electron chi connectivity index (χ3n) is 6.33. The summed E-state index contributed by atoms with van der Waals surface area (Å²) in [5.74, 6) is 0.378. The number of fused-ring (bicyclic) bond motifs is 1. The molecule has 8 nitrogen and oxygen atoms in total. The maximum atomic E-state index is 15.5. The van der Waals surface area contributed by atoms with Gasteiger partial charge in [0.25, 0.3) is 5.56 Å². The lowest BCUT2D eigenvalue weighted by atomic mass is 9.94. The van der Waals surface area contributed by atoms with Crippen LogP contribution in [0.3, 0.4) is 0 Å². The van der Waals surface area contributed by atoms with Crippen LogP contribution in [0, 0.1) is 5.92 Å². The van der Waals surface area contributed by atoms with Gasteiger partial charge in [-0.25, -0.2) is 9.18 Å². The lowest BCUT2D eigenvalue weighted by Gasteiger charge is -2.35. The van der Waals surface area contributed by atoms with Gasteiger partial charge in [-0.3, -0.25) is 19.2 Å². The van der Waals surface area contributed by atoms with Gasteiger partial charge in [0, 0.05) is 18.6 Å². The molecule has 1 saturated heterocycles. The van der Waals surface area contributed by atoms with Crippen LogP contribution in [0.4, 0.5) is 4.39 Å². The minimum absolute atomic E-state index is 0.00185. The zero-order valence-corrected chi connectivity index (χ0v) is 16.2. The molecule has 0 spiro atoms. The van der Waals surface area contributed by atoms with Gasteiger partial charge in [-0.2, -0.15) is 0 Å². The Morgan fingerprint density at radius 2 is 2.07 bits per heavy atom. The average molecular weight is 394 g/mol. The summed E-state index contributed by atoms with van der Waals surface area (Å²) in [4.78, 5) is 29.3. The number of aliphatic hydroxyl groups is 1. The van der Waals surface area contributed by atoms with Gasteiger partial charge in [0.15, 0.2) is 0 Å². The standard InChI is InChI=1S/C19H27FN4O4/c1-9-13-15(24(11-3-4-11)19(27)22-18(13)26)17(28-2)16(14(9)20)23-6-5-10(7-23)12(21)8-25/h10-12,14,16,25H,3-8,21H2,1-2H3,(H,22,26,27). The summed E-state index contributed by atoms with van der Waals surface area (Å²) < 4.78 is 22.7. The summed E-state index contributed by atoms with van der Waals surface area (Å²) >= 11 is 0. The second-order valence-electron chi connectivity index (χ2n) is 8.07. The minimum atomic E-state index is -1.43. The van der Waals surface area contributed by atoms with Crippen molar-refractivity contribution in [3.05, 3.63) is 31.4 Å². The number of hydrogen-bond acceptors (Lipinski definition) is 6. The fourth-order valence-electron chi connectivity index (χ4n) is 4.62. The van der Waals surface area contributed by atoms with Crippen LogP contribution >= 0.6 is 0 Å². The molecular formula is C19H27FN4O4. The molecule has 2 fully saturated rings. The molecule has 1 saturated carbocycles. The molecule has 0 aromatic carbocycles. The van der Waals surface area contributed by atoms with Gasteiger partial charge in [0.1, 0.15) is 18.0 Å². The lowest BCUT2D eigenvalue weighted by molar-refractivity contribution is 0.154. The number of nitrogens with two attached hydrogens (primary N) is 1. The molecule has 4 rings (SSSR count). The molecule has 4 N–H and O–H groups in total. The van der Waals surface area contributed by atoms with Crippen molar-refractivity contribution in [2.75, 3.05) is 26.8 Å². The Kier molecular flexibility index (Phi) is 4.93. The number of H-pyrrole nitrogens is 1. The van der Waals surface area contributed by atoms with Crippen LogP contribution in [-0.4, -0.2) is 64.6 Å². The van der Waals surface area contributed by atoms with E-state index in [0.29, 0.717) is 29.8 Å². The molecule has 4 unspecified atom stereocenters. The number of aromatic nitrogens is 2. The summed E-state index contributed by atoms with van der Waals surface area (Å²) in [6.07, 6.45) is 1.00. The molecule has 4 atom stereocenters. The smallest absolute Gasteiger partial charge is 0.329 e. The Labute approximate surface area is 161 Å². The number of rotatable bonds is 5. The molecule has 3 aliphatic rings. The average Bonchev–Trinajstić information content (AvgIpc) is 3.38. The zero-order valence-electron chi connectivity index (χ0n) is 16.2. The molecule has 9 heteroatoms. The number of aromatic amines is 1. The van der Waals surface area contributed by atoms with Crippen LogP contribution in [0.15, 0.2) is 9.59 Å². The number of nitrogens with one attached hydrogen (secondary N) is 1. The first-order valence-corrected chi connectivity index (χ1v) is 9.77. The highest BCUT2D eigenvalue weighted by atomic mass is 19.1. The van der Waals surface area contributed by atoms with Gasteiger partial charge in [0.2, 0.25) is 0 Å². The Morgan fingerprint density at radius 3 is 2.68 bits per heavy atom. The zero-order chi connectivity index (χ0) is 20.2. The molecule has 0 bridgehead atoms. The Balaban J connectivity index is 1.91. The number of hydrogen-bond donors (Lipinski definition) is 3. The van der Waals surface area contributed by atoms with Crippen LogP contribution in [0.2, 0.25) is 0 Å². The van der Waals surface area contributed by atoms with E-state index < -0.39 is 23.5 Å². The highest BCUT2D eigenvalue weighted by molar-refractivity contribution is 5.60. The van der Waals surface area contributed by atoms with Gasteiger partial charge in [-0.15, -0.1) is 0 Å². The molecule has 154 valence electrons. The van der Waals surface area contributed by atoms with Gasteiger partial charge in [-0.1, -0.05) is 0 Å². The SMILES string of the molecule is COC1=c2c(c(=O)[nH]c(=O)n2C2CC2)=C(C)C(F)C1N1CCC(C(N)CO)C1. The molecule has 28 heavy (non-hydrogen) atoms. The number of likely N-dealkylation sites (tertiary alicyclic amines) is 1. The number of halogens is 1. The van der Waals surface area contributed by atoms with Crippen molar-refractivity contribution in [1.82, 2.24) is 14.5 Å². The second-order valence-corrected chi connectivity index (χ2v) is 8.07. The van der Waals surface area contributed by atoms with E-state index in [4.69, 9.17) is 10.5 Å². The third kappa shape index (κ3) is 2.92. The molecule has 1 aromatic heterocycles. The number of nitrogens with zero attached hydrogens (tertiary/aromatic N) is 2. The van der Waals surface area contributed by atoms with Crippen molar-refractivity contribution in [2.24, 2.45) is 11.7 Å². The molecule has 0 amide bonds. The van der Waals surface area contributed by atoms with Crippen molar-refractivity contribution in [2.45, 2.75) is 50.5 Å². The fourth-order valence-corrected chi connectivity index (χ4v) is 4.62. The van der Waals surface area contributed by atoms with E-state index in [2.05, 4.69) is 4.98 Å². The number of ether oxygens (including phenoxy) is 1. The first-order chi connectivity index (χ1) is 13.4. The minimum Gasteiger partial charge on any atom is -0.497 e. The molecule has 2 heterocycles. The fraction of sp³-hybridized carbons (Fsp3) is 0.684. The first-order valence-electron chi connectivity index (χ1n) is 9.77. The van der Waals surface area contributed by atoms with Gasteiger partial charge in [-0.05, 0) is 44.2 Å². The van der Waals surface area contributed by atoms with E-state index in [9.17, 15) is 14.7 Å². The molecule has 2 aliphatic carbocycles. The number of alkyl halides is 1. The second kappa shape index (κ2) is 7.13. The van der Waals surface area contributed by atoms with Crippen molar-refractivity contribution in [3.63, 3.8) is 0 Å². The number of aliphatic hydroxyl groups excluding tert-OH is 1. The van der Waals surface area contributed by atoms with E-state index in [1.54, 1.807) is 11.5 Å². The highest BCUT2D eigenvalue weighted by Crippen LogP contribution is 2.34. The van der Waals surface area contributed by atoms with Crippen molar-refractivity contribution in [1.29, 1.82) is 0 Å². The van der Waals surface area contributed by atoms with Crippen molar-refractivity contribution >= 4 is 11.3 Å². The highest BCUT2D eigenvalue weighted by Gasteiger charge is 2.42. The van der Waals surface area contributed by atoms with E-state index in [0.717, 1.165) is 19.3 Å². The monoisotopic (exact) mass is 394 g/mol. The van der Waals surface area contributed by atoms with Gasteiger partial charge >= 0.3 is 5.69 Å². The Bertz CT molecular complexity index is 1010. The summed E-state index contributed by atoms with van der Waals surface area (Å²) in [5, 5.41) is 9.96.